The number of nitrogens with zero attached hydrogens (tertiary/aromatic N) is 4. The van der Waals surface area contributed by atoms with Crippen LogP contribution >= 0.6 is 11.6 Å². The lowest BCUT2D eigenvalue weighted by Crippen LogP contribution is -2.46. The van der Waals surface area contributed by atoms with E-state index in [-0.39, 0.29) is 5.56 Å². The number of piperazine rings is 1. The van der Waals surface area contributed by atoms with E-state index in [1.807, 2.05) is 60.7 Å². The van der Waals surface area contributed by atoms with Gasteiger partial charge in [0.2, 0.25) is 0 Å². The van der Waals surface area contributed by atoms with Crippen LogP contribution in [0.25, 0.3) is 22.4 Å². The van der Waals surface area contributed by atoms with Crippen molar-refractivity contribution < 1.29 is 0 Å². The third-order valence-corrected chi connectivity index (χ3v) is 6.79. The molecular formula is C29H29ClN4O. The first-order valence-corrected chi connectivity index (χ1v) is 12.5. The average molecular weight is 485 g/mol. The predicted octanol–water partition coefficient (Wildman–Crippen LogP) is 5.44. The Hall–Kier alpha value is -3.41. The van der Waals surface area contributed by atoms with Crippen LogP contribution < -0.4 is 10.5 Å². The van der Waals surface area contributed by atoms with Gasteiger partial charge in [-0.2, -0.15) is 5.10 Å². The minimum Gasteiger partial charge on any atom is -0.369 e. The smallest absolute Gasteiger partial charge is 0.274 e. The molecule has 6 heteroatoms. The molecule has 178 valence electrons. The molecule has 0 atom stereocenters. The zero-order chi connectivity index (χ0) is 24.0. The molecule has 0 radical (unpaired) electrons. The van der Waals surface area contributed by atoms with Gasteiger partial charge in [0.1, 0.15) is 0 Å². The molecule has 4 aromatic rings. The molecule has 1 saturated heterocycles. The molecule has 3 aromatic carbocycles. The van der Waals surface area contributed by atoms with Gasteiger partial charge in [0.25, 0.3) is 5.56 Å². The summed E-state index contributed by atoms with van der Waals surface area (Å²) < 4.78 is 1.63. The van der Waals surface area contributed by atoms with Gasteiger partial charge in [-0.1, -0.05) is 72.3 Å². The number of benzene rings is 3. The summed E-state index contributed by atoms with van der Waals surface area (Å²) in [7, 11) is 0. The summed E-state index contributed by atoms with van der Waals surface area (Å²) in [6.07, 6.45) is 0.872. The molecule has 1 aliphatic rings. The lowest BCUT2D eigenvalue weighted by atomic mass is 10.0. The van der Waals surface area contributed by atoms with E-state index in [0.717, 1.165) is 56.0 Å². The van der Waals surface area contributed by atoms with Crippen molar-refractivity contribution in [1.82, 2.24) is 14.7 Å². The summed E-state index contributed by atoms with van der Waals surface area (Å²) in [4.78, 5) is 18.3. The normalized spacial score (nSPS) is 14.3. The van der Waals surface area contributed by atoms with E-state index >= 15 is 0 Å². The van der Waals surface area contributed by atoms with E-state index in [4.69, 9.17) is 16.7 Å². The van der Waals surface area contributed by atoms with Gasteiger partial charge in [0.05, 0.1) is 11.3 Å². The Labute approximate surface area is 211 Å². The number of para-hydroxylation sites is 1. The van der Waals surface area contributed by atoms with Gasteiger partial charge >= 0.3 is 0 Å². The van der Waals surface area contributed by atoms with Crippen molar-refractivity contribution in [3.05, 3.63) is 106 Å². The van der Waals surface area contributed by atoms with Gasteiger partial charge in [-0.25, -0.2) is 4.68 Å². The maximum Gasteiger partial charge on any atom is 0.274 e. The van der Waals surface area contributed by atoms with E-state index in [2.05, 4.69) is 40.1 Å². The summed E-state index contributed by atoms with van der Waals surface area (Å²) in [5, 5.41) is 5.41. The Bertz CT molecular complexity index is 1300. The molecule has 1 fully saturated rings. The van der Waals surface area contributed by atoms with E-state index in [0.29, 0.717) is 17.1 Å². The lowest BCUT2D eigenvalue weighted by Gasteiger charge is -2.36. The maximum atomic E-state index is 13.3. The van der Waals surface area contributed by atoms with Crippen LogP contribution in [0.15, 0.2) is 95.8 Å². The standard InChI is InChI=1S/C29H29ClN4O/c30-25-14-12-24(13-15-25)28-22-27(23-8-3-1-4-9-23)29(35)34(31-28)17-7-16-32-18-20-33(21-19-32)26-10-5-2-6-11-26/h1-6,8-15,22H,7,16-21H2. The average Bonchev–Trinajstić information content (AvgIpc) is 2.91. The van der Waals surface area contributed by atoms with Crippen LogP contribution in [0.5, 0.6) is 0 Å². The third kappa shape index (κ3) is 5.64. The van der Waals surface area contributed by atoms with Crippen LogP contribution in [0, 0.1) is 0 Å². The first-order valence-electron chi connectivity index (χ1n) is 12.1. The number of aromatic nitrogens is 2. The van der Waals surface area contributed by atoms with Crippen LogP contribution in [0.2, 0.25) is 5.02 Å². The van der Waals surface area contributed by atoms with E-state index < -0.39 is 0 Å². The molecule has 5 nitrogen and oxygen atoms in total. The predicted molar refractivity (Wildman–Crippen MR) is 144 cm³/mol. The van der Waals surface area contributed by atoms with Crippen molar-refractivity contribution in [3.8, 4) is 22.4 Å². The molecule has 5 rings (SSSR count). The number of rotatable bonds is 7. The minimum atomic E-state index is -0.0530. The van der Waals surface area contributed by atoms with Crippen molar-refractivity contribution >= 4 is 17.3 Å². The number of halogens is 1. The molecule has 0 amide bonds. The van der Waals surface area contributed by atoms with Crippen LogP contribution in [-0.2, 0) is 6.54 Å². The zero-order valence-corrected chi connectivity index (χ0v) is 20.4. The highest BCUT2D eigenvalue weighted by atomic mass is 35.5. The first kappa shape index (κ1) is 23.3. The molecule has 0 bridgehead atoms. The monoisotopic (exact) mass is 484 g/mol. The van der Waals surface area contributed by atoms with Gasteiger partial charge in [0.15, 0.2) is 0 Å². The summed E-state index contributed by atoms with van der Waals surface area (Å²) in [5.41, 5.74) is 4.52. The Morgan fingerprint density at radius 3 is 2.09 bits per heavy atom. The Balaban J connectivity index is 1.30. The molecule has 2 heterocycles. The molecule has 35 heavy (non-hydrogen) atoms. The van der Waals surface area contributed by atoms with Crippen LogP contribution in [0.3, 0.4) is 0 Å². The molecule has 0 saturated carbocycles. The van der Waals surface area contributed by atoms with Crippen molar-refractivity contribution in [1.29, 1.82) is 0 Å². The number of aryl methyl sites for hydroxylation is 1. The maximum absolute atomic E-state index is 13.3. The van der Waals surface area contributed by atoms with Gasteiger partial charge in [0, 0.05) is 55.5 Å². The van der Waals surface area contributed by atoms with Crippen molar-refractivity contribution in [3.63, 3.8) is 0 Å². The molecule has 1 aromatic heterocycles. The quantitative estimate of drug-likeness (QED) is 0.350. The van der Waals surface area contributed by atoms with Crippen molar-refractivity contribution in [2.75, 3.05) is 37.6 Å². The highest BCUT2D eigenvalue weighted by molar-refractivity contribution is 6.30. The molecule has 0 spiro atoms. The van der Waals surface area contributed by atoms with Crippen molar-refractivity contribution in [2.45, 2.75) is 13.0 Å². The second-order valence-corrected chi connectivity index (χ2v) is 9.30. The van der Waals surface area contributed by atoms with E-state index in [9.17, 15) is 4.79 Å². The fourth-order valence-electron chi connectivity index (χ4n) is 4.59. The summed E-state index contributed by atoms with van der Waals surface area (Å²) in [6, 6.07) is 29.9. The SMILES string of the molecule is O=c1c(-c2ccccc2)cc(-c2ccc(Cl)cc2)nn1CCCN1CCN(c2ccccc2)CC1. The number of hydrogen-bond donors (Lipinski definition) is 0. The molecular weight excluding hydrogens is 456 g/mol. The largest absolute Gasteiger partial charge is 0.369 e. The molecule has 0 unspecified atom stereocenters. The number of hydrogen-bond acceptors (Lipinski definition) is 4. The number of anilines is 1. The van der Waals surface area contributed by atoms with Crippen LogP contribution in [0.4, 0.5) is 5.69 Å². The lowest BCUT2D eigenvalue weighted by molar-refractivity contribution is 0.248. The van der Waals surface area contributed by atoms with Gasteiger partial charge in [-0.05, 0) is 42.3 Å². The molecule has 1 aliphatic heterocycles. The first-order chi connectivity index (χ1) is 17.2. The van der Waals surface area contributed by atoms with Crippen molar-refractivity contribution in [2.24, 2.45) is 0 Å². The third-order valence-electron chi connectivity index (χ3n) is 6.54. The Morgan fingerprint density at radius 1 is 0.743 bits per heavy atom. The van der Waals surface area contributed by atoms with Crippen LogP contribution in [0.1, 0.15) is 6.42 Å². The fourth-order valence-corrected chi connectivity index (χ4v) is 4.72. The van der Waals surface area contributed by atoms with Gasteiger partial charge in [-0.3, -0.25) is 9.69 Å². The van der Waals surface area contributed by atoms with Gasteiger partial charge in [-0.15, -0.1) is 0 Å². The fraction of sp³-hybridized carbons (Fsp3) is 0.241. The van der Waals surface area contributed by atoms with E-state index in [1.54, 1.807) is 4.68 Å². The second kappa shape index (κ2) is 10.9. The molecule has 0 N–H and O–H groups in total. The Kier molecular flexibility index (Phi) is 7.26. The minimum absolute atomic E-state index is 0.0530. The second-order valence-electron chi connectivity index (χ2n) is 8.86. The topological polar surface area (TPSA) is 41.4 Å². The van der Waals surface area contributed by atoms with E-state index in [1.165, 1.54) is 5.69 Å². The summed E-state index contributed by atoms with van der Waals surface area (Å²) in [5.74, 6) is 0. The molecule has 0 aliphatic carbocycles. The Morgan fingerprint density at radius 2 is 1.40 bits per heavy atom. The summed E-state index contributed by atoms with van der Waals surface area (Å²) >= 11 is 6.09. The zero-order valence-electron chi connectivity index (χ0n) is 19.7. The highest BCUT2D eigenvalue weighted by Gasteiger charge is 2.17. The van der Waals surface area contributed by atoms with Gasteiger partial charge < -0.3 is 4.90 Å². The summed E-state index contributed by atoms with van der Waals surface area (Å²) in [6.45, 7) is 5.62. The van der Waals surface area contributed by atoms with Crippen LogP contribution in [-0.4, -0.2) is 47.4 Å². The highest BCUT2D eigenvalue weighted by Crippen LogP contribution is 2.23.